The van der Waals surface area contributed by atoms with Crippen molar-refractivity contribution in [3.05, 3.63) is 54.9 Å². The molecule has 3 atom stereocenters. The zero-order chi connectivity index (χ0) is 23.4. The number of fused-ring (bicyclic) bond motifs is 1. The van der Waals surface area contributed by atoms with E-state index in [2.05, 4.69) is 18.1 Å². The predicted octanol–water partition coefficient (Wildman–Crippen LogP) is 3.87. The molecular formula is C25H34N2O5. The molecule has 0 spiro atoms. The number of ether oxygens (including phenoxy) is 3. The lowest BCUT2D eigenvalue weighted by atomic mass is 9.95. The number of carbonyl (C=O) groups excluding carboxylic acids is 2. The summed E-state index contributed by atoms with van der Waals surface area (Å²) < 4.78 is 16.9. The fourth-order valence-corrected chi connectivity index (χ4v) is 4.33. The van der Waals surface area contributed by atoms with Gasteiger partial charge in [-0.25, -0.2) is 4.79 Å². The van der Waals surface area contributed by atoms with Crippen molar-refractivity contribution in [2.24, 2.45) is 5.41 Å². The summed E-state index contributed by atoms with van der Waals surface area (Å²) >= 11 is 0. The Morgan fingerprint density at radius 2 is 1.94 bits per heavy atom. The Labute approximate surface area is 190 Å². The van der Waals surface area contributed by atoms with Crippen LogP contribution in [0.25, 0.3) is 0 Å². The highest BCUT2D eigenvalue weighted by molar-refractivity contribution is 5.90. The highest BCUT2D eigenvalue weighted by Crippen LogP contribution is 2.60. The molecule has 3 rings (SSSR count). The third-order valence-corrected chi connectivity index (χ3v) is 5.84. The number of pyridine rings is 1. The van der Waals surface area contributed by atoms with E-state index in [4.69, 9.17) is 14.2 Å². The van der Waals surface area contributed by atoms with E-state index in [-0.39, 0.29) is 23.7 Å². The van der Waals surface area contributed by atoms with Crippen molar-refractivity contribution in [2.75, 3.05) is 19.8 Å². The maximum atomic E-state index is 13.4. The lowest BCUT2D eigenvalue weighted by molar-refractivity contribution is -0.123. The summed E-state index contributed by atoms with van der Waals surface area (Å²) in [6, 6.07) is 3.13. The smallest absolute Gasteiger partial charge is 0.411 e. The molecule has 1 saturated heterocycles. The van der Waals surface area contributed by atoms with Crippen molar-refractivity contribution in [3.8, 4) is 0 Å². The van der Waals surface area contributed by atoms with E-state index in [1.54, 1.807) is 23.2 Å². The molecule has 7 heteroatoms. The van der Waals surface area contributed by atoms with Crippen LogP contribution in [0.4, 0.5) is 4.79 Å². The van der Waals surface area contributed by atoms with Gasteiger partial charge in [0.15, 0.2) is 5.78 Å². The first-order chi connectivity index (χ1) is 15.2. The lowest BCUT2D eigenvalue weighted by Gasteiger charge is -2.29. The molecule has 1 amide bonds. The van der Waals surface area contributed by atoms with E-state index < -0.39 is 17.7 Å². The van der Waals surface area contributed by atoms with Crippen LogP contribution >= 0.6 is 0 Å². The topological polar surface area (TPSA) is 78.0 Å². The Kier molecular flexibility index (Phi) is 7.51. The highest BCUT2D eigenvalue weighted by Gasteiger charge is 2.67. The molecule has 1 aromatic heterocycles. The second-order valence-electron chi connectivity index (χ2n) is 9.55. The molecule has 7 nitrogen and oxygen atoms in total. The zero-order valence-corrected chi connectivity index (χ0v) is 19.3. The lowest BCUT2D eigenvalue weighted by Crippen LogP contribution is -2.46. The molecule has 2 aliphatic rings. The zero-order valence-electron chi connectivity index (χ0n) is 19.3. The number of hydrogen-bond acceptors (Lipinski definition) is 6. The quantitative estimate of drug-likeness (QED) is 0.382. The number of hydrogen-bond donors (Lipinski definition) is 0. The van der Waals surface area contributed by atoms with Gasteiger partial charge in [-0.2, -0.15) is 0 Å². The molecule has 2 fully saturated rings. The van der Waals surface area contributed by atoms with Crippen LogP contribution in [0.3, 0.4) is 0 Å². The minimum absolute atomic E-state index is 0.0461. The van der Waals surface area contributed by atoms with Crippen LogP contribution in [0.5, 0.6) is 0 Å². The maximum Gasteiger partial charge on any atom is 0.411 e. The number of amides is 1. The maximum absolute atomic E-state index is 13.4. The average Bonchev–Trinajstić information content (AvgIpc) is 3.31. The molecule has 1 aromatic rings. The number of aromatic nitrogens is 1. The van der Waals surface area contributed by atoms with Crippen LogP contribution in [0.15, 0.2) is 43.6 Å². The van der Waals surface area contributed by atoms with Crippen LogP contribution < -0.4 is 0 Å². The van der Waals surface area contributed by atoms with Gasteiger partial charge in [0.2, 0.25) is 0 Å². The SMILES string of the molecule is C=CCOCc1cccnc1CC(=O)[C@@H]1C[C@@]2(COCC=C)C[C@H]2N1C(=O)OC(C)(C)C. The van der Waals surface area contributed by atoms with E-state index in [9.17, 15) is 9.59 Å². The number of carbonyl (C=O) groups is 2. The third-order valence-electron chi connectivity index (χ3n) is 5.84. The van der Waals surface area contributed by atoms with Gasteiger partial charge in [-0.3, -0.25) is 14.7 Å². The molecule has 1 aliphatic heterocycles. The summed E-state index contributed by atoms with van der Waals surface area (Å²) in [7, 11) is 0. The van der Waals surface area contributed by atoms with Gasteiger partial charge in [-0.15, -0.1) is 13.2 Å². The summed E-state index contributed by atoms with van der Waals surface area (Å²) in [6.45, 7) is 14.5. The van der Waals surface area contributed by atoms with E-state index in [1.807, 2.05) is 32.9 Å². The molecule has 1 aliphatic carbocycles. The molecule has 0 radical (unpaired) electrons. The van der Waals surface area contributed by atoms with Crippen molar-refractivity contribution in [1.82, 2.24) is 9.88 Å². The van der Waals surface area contributed by atoms with Crippen LogP contribution in [-0.2, 0) is 32.0 Å². The highest BCUT2D eigenvalue weighted by atomic mass is 16.6. The number of likely N-dealkylation sites (tertiary alicyclic amines) is 1. The normalized spacial score (nSPS) is 24.0. The first kappa shape index (κ1) is 24.1. The summed E-state index contributed by atoms with van der Waals surface area (Å²) in [5, 5.41) is 0. The van der Waals surface area contributed by atoms with Crippen molar-refractivity contribution in [3.63, 3.8) is 0 Å². The van der Waals surface area contributed by atoms with Crippen LogP contribution in [0.1, 0.15) is 44.9 Å². The second kappa shape index (κ2) is 9.96. The predicted molar refractivity (Wildman–Crippen MR) is 121 cm³/mol. The molecule has 0 bridgehead atoms. The number of rotatable bonds is 11. The Balaban J connectivity index is 1.76. The standard InChI is InChI=1S/C25H34N2O5/c1-6-11-30-16-18-9-8-10-26-19(18)13-21(28)20-14-25(17-31-12-7-2)15-22(25)27(20)23(29)32-24(3,4)5/h6-10,20,22H,1-2,11-17H2,3-5H3/t20-,22+,25-/m0/s1. The summed E-state index contributed by atoms with van der Waals surface area (Å²) in [5.41, 5.74) is 0.697. The van der Waals surface area contributed by atoms with Crippen LogP contribution in [0, 0.1) is 5.41 Å². The Morgan fingerprint density at radius 1 is 1.22 bits per heavy atom. The molecule has 2 heterocycles. The largest absolute Gasteiger partial charge is 0.444 e. The van der Waals surface area contributed by atoms with Gasteiger partial charge in [-0.1, -0.05) is 18.2 Å². The van der Waals surface area contributed by atoms with E-state index in [0.29, 0.717) is 38.5 Å². The number of piperidine rings is 1. The minimum atomic E-state index is -0.638. The van der Waals surface area contributed by atoms with Crippen molar-refractivity contribution < 1.29 is 23.8 Å². The van der Waals surface area contributed by atoms with Gasteiger partial charge in [0.1, 0.15) is 5.60 Å². The third kappa shape index (κ3) is 5.64. The summed E-state index contributed by atoms with van der Waals surface area (Å²) in [6.07, 6.45) is 6.13. The van der Waals surface area contributed by atoms with Crippen LogP contribution in [-0.4, -0.2) is 59.3 Å². The van der Waals surface area contributed by atoms with E-state index >= 15 is 0 Å². The van der Waals surface area contributed by atoms with Gasteiger partial charge < -0.3 is 14.2 Å². The van der Waals surface area contributed by atoms with Crippen molar-refractivity contribution in [1.29, 1.82) is 0 Å². The Morgan fingerprint density at radius 3 is 2.62 bits per heavy atom. The molecule has 174 valence electrons. The number of nitrogens with zero attached hydrogens (tertiary/aromatic N) is 2. The van der Waals surface area contributed by atoms with Gasteiger partial charge in [0.25, 0.3) is 0 Å². The molecule has 1 saturated carbocycles. The van der Waals surface area contributed by atoms with Crippen LogP contribution in [0.2, 0.25) is 0 Å². The Bertz CT molecular complexity index is 862. The van der Waals surface area contributed by atoms with E-state index in [1.165, 1.54) is 0 Å². The Hall–Kier alpha value is -2.51. The average molecular weight is 443 g/mol. The summed E-state index contributed by atoms with van der Waals surface area (Å²) in [5.74, 6) is -0.0465. The van der Waals surface area contributed by atoms with Gasteiger partial charge in [0, 0.05) is 17.7 Å². The summed E-state index contributed by atoms with van der Waals surface area (Å²) in [4.78, 5) is 32.5. The molecule has 32 heavy (non-hydrogen) atoms. The minimum Gasteiger partial charge on any atom is -0.444 e. The molecule has 0 aromatic carbocycles. The van der Waals surface area contributed by atoms with Gasteiger partial charge >= 0.3 is 6.09 Å². The monoisotopic (exact) mass is 442 g/mol. The van der Waals surface area contributed by atoms with E-state index in [0.717, 1.165) is 12.0 Å². The fraction of sp³-hybridized carbons (Fsp3) is 0.560. The molecule has 0 N–H and O–H groups in total. The van der Waals surface area contributed by atoms with Gasteiger partial charge in [0.05, 0.1) is 44.6 Å². The van der Waals surface area contributed by atoms with Crippen molar-refractivity contribution in [2.45, 2.75) is 64.3 Å². The number of ketones is 1. The first-order valence-corrected chi connectivity index (χ1v) is 11.0. The number of Topliss-reactive ketones (excluding diaryl/α,β-unsaturated/α-hetero) is 1. The van der Waals surface area contributed by atoms with Crippen molar-refractivity contribution >= 4 is 11.9 Å². The first-order valence-electron chi connectivity index (χ1n) is 11.0. The molecular weight excluding hydrogens is 408 g/mol. The fourth-order valence-electron chi connectivity index (χ4n) is 4.33. The van der Waals surface area contributed by atoms with Gasteiger partial charge in [-0.05, 0) is 45.2 Å². The second-order valence-corrected chi connectivity index (χ2v) is 9.55. The molecule has 0 unspecified atom stereocenters.